The van der Waals surface area contributed by atoms with Crippen molar-refractivity contribution in [3.63, 3.8) is 0 Å². The summed E-state index contributed by atoms with van der Waals surface area (Å²) in [5.74, 6) is -0.555. The van der Waals surface area contributed by atoms with Crippen LogP contribution in [-0.2, 0) is 4.79 Å². The molecule has 90 valence electrons. The number of benzene rings is 1. The van der Waals surface area contributed by atoms with Gasteiger partial charge >= 0.3 is 12.1 Å². The van der Waals surface area contributed by atoms with Crippen molar-refractivity contribution in [3.8, 4) is 5.75 Å². The molecule has 1 saturated heterocycles. The quantitative estimate of drug-likeness (QED) is 0.847. The molecule has 0 radical (unpaired) electrons. The Bertz CT molecular complexity index is 418. The molecule has 5 heteroatoms. The van der Waals surface area contributed by atoms with Crippen LogP contribution in [0, 0.1) is 0 Å². The highest BCUT2D eigenvalue weighted by atomic mass is 16.6. The third-order valence-electron chi connectivity index (χ3n) is 2.72. The molecule has 0 unspecified atom stereocenters. The van der Waals surface area contributed by atoms with E-state index in [9.17, 15) is 9.59 Å². The van der Waals surface area contributed by atoms with E-state index in [2.05, 4.69) is 0 Å². The van der Waals surface area contributed by atoms with Gasteiger partial charge in [-0.25, -0.2) is 9.59 Å². The van der Waals surface area contributed by atoms with Crippen LogP contribution in [0.1, 0.15) is 12.8 Å². The molecule has 1 aromatic carbocycles. The van der Waals surface area contributed by atoms with Crippen molar-refractivity contribution in [1.82, 2.24) is 4.90 Å². The van der Waals surface area contributed by atoms with E-state index in [0.29, 0.717) is 25.1 Å². The fourth-order valence-electron chi connectivity index (χ4n) is 1.89. The minimum Gasteiger partial charge on any atom is -0.480 e. The summed E-state index contributed by atoms with van der Waals surface area (Å²) in [5.41, 5.74) is 0. The molecular formula is C12H13NO4. The number of hydrogen-bond acceptors (Lipinski definition) is 3. The number of likely N-dealkylation sites (tertiary alicyclic amines) is 1. The second-order valence-corrected chi connectivity index (χ2v) is 3.87. The van der Waals surface area contributed by atoms with Crippen LogP contribution in [-0.4, -0.2) is 34.7 Å². The molecular weight excluding hydrogens is 222 g/mol. The fourth-order valence-corrected chi connectivity index (χ4v) is 1.89. The van der Waals surface area contributed by atoms with E-state index in [1.165, 1.54) is 4.90 Å². The maximum atomic E-state index is 11.8. The molecule has 1 N–H and O–H groups in total. The zero-order valence-electron chi connectivity index (χ0n) is 9.20. The molecule has 2 rings (SSSR count). The smallest absolute Gasteiger partial charge is 0.415 e. The first kappa shape index (κ1) is 11.4. The number of carboxylic acids is 1. The van der Waals surface area contributed by atoms with Crippen LogP contribution in [0.4, 0.5) is 4.79 Å². The van der Waals surface area contributed by atoms with Crippen molar-refractivity contribution in [1.29, 1.82) is 0 Å². The molecule has 1 fully saturated rings. The van der Waals surface area contributed by atoms with Crippen LogP contribution in [0.25, 0.3) is 0 Å². The summed E-state index contributed by atoms with van der Waals surface area (Å²) in [7, 11) is 0. The summed E-state index contributed by atoms with van der Waals surface area (Å²) < 4.78 is 5.10. The number of hydrogen-bond donors (Lipinski definition) is 1. The fraction of sp³-hybridized carbons (Fsp3) is 0.333. The van der Waals surface area contributed by atoms with Gasteiger partial charge in [-0.1, -0.05) is 18.2 Å². The Hall–Kier alpha value is -2.04. The number of carbonyl (C=O) groups is 2. The van der Waals surface area contributed by atoms with Crippen LogP contribution >= 0.6 is 0 Å². The van der Waals surface area contributed by atoms with Gasteiger partial charge in [0, 0.05) is 6.54 Å². The number of rotatable bonds is 2. The van der Waals surface area contributed by atoms with Crippen LogP contribution in [0.15, 0.2) is 30.3 Å². The van der Waals surface area contributed by atoms with Crippen LogP contribution in [0.2, 0.25) is 0 Å². The Morgan fingerprint density at radius 3 is 2.65 bits per heavy atom. The number of carbonyl (C=O) groups excluding carboxylic acids is 1. The van der Waals surface area contributed by atoms with Crippen molar-refractivity contribution >= 4 is 12.1 Å². The molecule has 0 aliphatic carbocycles. The lowest BCUT2D eigenvalue weighted by atomic mass is 10.2. The lowest BCUT2D eigenvalue weighted by Gasteiger charge is -2.20. The van der Waals surface area contributed by atoms with Crippen LogP contribution < -0.4 is 4.74 Å². The number of aliphatic carboxylic acids is 1. The molecule has 1 aliphatic heterocycles. The van der Waals surface area contributed by atoms with E-state index in [1.807, 2.05) is 6.07 Å². The number of carboxylic acid groups (broad SMARTS) is 1. The predicted octanol–water partition coefficient (Wildman–Crippen LogP) is 1.73. The number of amides is 1. The standard InChI is InChI=1S/C12H13NO4/c14-11(15)10-7-4-8-13(10)12(16)17-9-5-2-1-3-6-9/h1-3,5-6,10H,4,7-8H2,(H,14,15)/t10-/m0/s1. The maximum absolute atomic E-state index is 11.8. The molecule has 5 nitrogen and oxygen atoms in total. The molecule has 17 heavy (non-hydrogen) atoms. The highest BCUT2D eigenvalue weighted by Crippen LogP contribution is 2.19. The third-order valence-corrected chi connectivity index (χ3v) is 2.72. The predicted molar refractivity (Wildman–Crippen MR) is 59.8 cm³/mol. The van der Waals surface area contributed by atoms with Crippen molar-refractivity contribution in [2.45, 2.75) is 18.9 Å². The zero-order chi connectivity index (χ0) is 12.3. The highest BCUT2D eigenvalue weighted by Gasteiger charge is 2.35. The van der Waals surface area contributed by atoms with Gasteiger partial charge in [0.2, 0.25) is 0 Å². The van der Waals surface area contributed by atoms with Gasteiger partial charge < -0.3 is 9.84 Å². The normalized spacial score (nSPS) is 19.1. The van der Waals surface area contributed by atoms with Gasteiger partial charge in [-0.05, 0) is 25.0 Å². The van der Waals surface area contributed by atoms with E-state index < -0.39 is 18.1 Å². The molecule has 0 bridgehead atoms. The SMILES string of the molecule is O=C(O)[C@@H]1CCCN1C(=O)Oc1ccccc1. The molecule has 1 atom stereocenters. The average molecular weight is 235 g/mol. The molecule has 1 aromatic rings. The van der Waals surface area contributed by atoms with Gasteiger partial charge in [-0.15, -0.1) is 0 Å². The number of para-hydroxylation sites is 1. The molecule has 1 aliphatic rings. The second-order valence-electron chi connectivity index (χ2n) is 3.87. The molecule has 0 spiro atoms. The van der Waals surface area contributed by atoms with Gasteiger partial charge in [0.25, 0.3) is 0 Å². The van der Waals surface area contributed by atoms with E-state index in [0.717, 1.165) is 0 Å². The zero-order valence-corrected chi connectivity index (χ0v) is 9.20. The maximum Gasteiger partial charge on any atom is 0.415 e. The lowest BCUT2D eigenvalue weighted by molar-refractivity contribution is -0.141. The van der Waals surface area contributed by atoms with Crippen molar-refractivity contribution in [2.75, 3.05) is 6.54 Å². The van der Waals surface area contributed by atoms with Gasteiger partial charge in [-0.3, -0.25) is 4.90 Å². The molecule has 1 heterocycles. The second kappa shape index (κ2) is 4.86. The minimum absolute atomic E-state index is 0.425. The highest BCUT2D eigenvalue weighted by molar-refractivity contribution is 5.81. The van der Waals surface area contributed by atoms with E-state index in [4.69, 9.17) is 9.84 Å². The summed E-state index contributed by atoms with van der Waals surface area (Å²) in [4.78, 5) is 23.9. The summed E-state index contributed by atoms with van der Waals surface area (Å²) >= 11 is 0. The first-order valence-electron chi connectivity index (χ1n) is 5.45. The van der Waals surface area contributed by atoms with Gasteiger partial charge in [-0.2, -0.15) is 0 Å². The Morgan fingerprint density at radius 1 is 1.29 bits per heavy atom. The van der Waals surface area contributed by atoms with Crippen molar-refractivity contribution < 1.29 is 19.4 Å². The molecule has 0 aromatic heterocycles. The topological polar surface area (TPSA) is 66.8 Å². The largest absolute Gasteiger partial charge is 0.480 e. The van der Waals surface area contributed by atoms with Crippen molar-refractivity contribution in [2.24, 2.45) is 0 Å². The molecule has 1 amide bonds. The van der Waals surface area contributed by atoms with Crippen LogP contribution in [0.3, 0.4) is 0 Å². The summed E-state index contributed by atoms with van der Waals surface area (Å²) in [6.07, 6.45) is 0.584. The van der Waals surface area contributed by atoms with Gasteiger partial charge in [0.15, 0.2) is 0 Å². The van der Waals surface area contributed by atoms with Crippen molar-refractivity contribution in [3.05, 3.63) is 30.3 Å². The third kappa shape index (κ3) is 2.55. The van der Waals surface area contributed by atoms with E-state index >= 15 is 0 Å². The summed E-state index contributed by atoms with van der Waals surface area (Å²) in [5, 5.41) is 8.95. The Labute approximate surface area is 98.6 Å². The summed E-state index contributed by atoms with van der Waals surface area (Å²) in [6.45, 7) is 0.433. The lowest BCUT2D eigenvalue weighted by Crippen LogP contribution is -2.41. The number of nitrogens with zero attached hydrogens (tertiary/aromatic N) is 1. The summed E-state index contributed by atoms with van der Waals surface area (Å²) in [6, 6.07) is 7.87. The molecule has 0 saturated carbocycles. The minimum atomic E-state index is -0.979. The average Bonchev–Trinajstić information content (AvgIpc) is 2.79. The number of ether oxygens (including phenoxy) is 1. The Morgan fingerprint density at radius 2 is 2.00 bits per heavy atom. The monoisotopic (exact) mass is 235 g/mol. The van der Waals surface area contributed by atoms with Gasteiger partial charge in [0.05, 0.1) is 0 Å². The first-order chi connectivity index (χ1) is 8.18. The van der Waals surface area contributed by atoms with E-state index in [-0.39, 0.29) is 0 Å². The van der Waals surface area contributed by atoms with Gasteiger partial charge in [0.1, 0.15) is 11.8 Å². The Balaban J connectivity index is 2.03. The Kier molecular flexibility index (Phi) is 3.27. The van der Waals surface area contributed by atoms with Crippen LogP contribution in [0.5, 0.6) is 5.75 Å². The van der Waals surface area contributed by atoms with E-state index in [1.54, 1.807) is 24.3 Å². The first-order valence-corrected chi connectivity index (χ1v) is 5.45.